The SMILES string of the molecule is O=C(OC1CCCC1)[C@@H](O)c1ccccc1. The molecule has 3 heteroatoms. The van der Waals surface area contributed by atoms with Crippen LogP contribution in [0.4, 0.5) is 0 Å². The number of hydrogen-bond acceptors (Lipinski definition) is 3. The van der Waals surface area contributed by atoms with Gasteiger partial charge in [0.05, 0.1) is 0 Å². The standard InChI is InChI=1S/C13H16O3/c14-12(10-6-2-1-3-7-10)13(15)16-11-8-4-5-9-11/h1-3,6-7,11-12,14H,4-5,8-9H2/t12-/m0/s1. The fourth-order valence-corrected chi connectivity index (χ4v) is 2.01. The van der Waals surface area contributed by atoms with Gasteiger partial charge in [0.25, 0.3) is 0 Å². The predicted molar refractivity (Wildman–Crippen MR) is 59.7 cm³/mol. The van der Waals surface area contributed by atoms with E-state index >= 15 is 0 Å². The summed E-state index contributed by atoms with van der Waals surface area (Å²) >= 11 is 0. The molecule has 0 aromatic heterocycles. The average Bonchev–Trinajstić information content (AvgIpc) is 2.82. The highest BCUT2D eigenvalue weighted by Crippen LogP contribution is 2.23. The Balaban J connectivity index is 1.94. The first kappa shape index (κ1) is 11.1. The lowest BCUT2D eigenvalue weighted by Gasteiger charge is -2.15. The van der Waals surface area contributed by atoms with E-state index in [1.807, 2.05) is 6.07 Å². The van der Waals surface area contributed by atoms with Crippen molar-refractivity contribution in [2.45, 2.75) is 37.9 Å². The molecule has 1 fully saturated rings. The molecule has 1 aromatic carbocycles. The summed E-state index contributed by atoms with van der Waals surface area (Å²) in [5.74, 6) is -0.530. The minimum Gasteiger partial charge on any atom is -0.460 e. The molecule has 0 saturated heterocycles. The Morgan fingerprint density at radius 1 is 1.25 bits per heavy atom. The summed E-state index contributed by atoms with van der Waals surface area (Å²) in [5, 5.41) is 9.77. The van der Waals surface area contributed by atoms with Crippen LogP contribution in [-0.2, 0) is 9.53 Å². The first-order valence-electron chi connectivity index (χ1n) is 5.71. The van der Waals surface area contributed by atoms with E-state index in [9.17, 15) is 9.90 Å². The highest BCUT2D eigenvalue weighted by atomic mass is 16.6. The van der Waals surface area contributed by atoms with Crippen LogP contribution in [0, 0.1) is 0 Å². The van der Waals surface area contributed by atoms with Crippen molar-refractivity contribution in [3.8, 4) is 0 Å². The predicted octanol–water partition coefficient (Wildman–Crippen LogP) is 2.21. The van der Waals surface area contributed by atoms with Crippen LogP contribution in [0.15, 0.2) is 30.3 Å². The molecule has 3 nitrogen and oxygen atoms in total. The van der Waals surface area contributed by atoms with Crippen molar-refractivity contribution in [1.29, 1.82) is 0 Å². The zero-order valence-corrected chi connectivity index (χ0v) is 9.13. The summed E-state index contributed by atoms with van der Waals surface area (Å²) in [4.78, 5) is 11.6. The maximum atomic E-state index is 11.6. The van der Waals surface area contributed by atoms with Gasteiger partial charge in [-0.25, -0.2) is 4.79 Å². The van der Waals surface area contributed by atoms with Gasteiger partial charge >= 0.3 is 5.97 Å². The van der Waals surface area contributed by atoms with E-state index in [1.54, 1.807) is 24.3 Å². The van der Waals surface area contributed by atoms with E-state index < -0.39 is 12.1 Å². The molecule has 1 N–H and O–H groups in total. The van der Waals surface area contributed by atoms with Crippen molar-refractivity contribution >= 4 is 5.97 Å². The highest BCUT2D eigenvalue weighted by Gasteiger charge is 2.24. The van der Waals surface area contributed by atoms with Gasteiger partial charge in [-0.2, -0.15) is 0 Å². The Hall–Kier alpha value is -1.35. The number of aliphatic hydroxyl groups excluding tert-OH is 1. The second-order valence-electron chi connectivity index (χ2n) is 4.16. The topological polar surface area (TPSA) is 46.5 Å². The number of ether oxygens (including phenoxy) is 1. The summed E-state index contributed by atoms with van der Waals surface area (Å²) < 4.78 is 5.24. The van der Waals surface area contributed by atoms with Crippen LogP contribution in [0.5, 0.6) is 0 Å². The fourth-order valence-electron chi connectivity index (χ4n) is 2.01. The number of hydrogen-bond donors (Lipinski definition) is 1. The molecule has 1 saturated carbocycles. The van der Waals surface area contributed by atoms with Gasteiger partial charge in [-0.05, 0) is 31.2 Å². The first-order chi connectivity index (χ1) is 7.77. The Kier molecular flexibility index (Phi) is 3.57. The molecule has 0 heterocycles. The van der Waals surface area contributed by atoms with Crippen molar-refractivity contribution < 1.29 is 14.6 Å². The van der Waals surface area contributed by atoms with Gasteiger partial charge in [0, 0.05) is 0 Å². The van der Waals surface area contributed by atoms with Gasteiger partial charge in [0.15, 0.2) is 6.10 Å². The Morgan fingerprint density at radius 3 is 2.50 bits per heavy atom. The first-order valence-corrected chi connectivity index (χ1v) is 5.71. The zero-order valence-electron chi connectivity index (χ0n) is 9.13. The molecule has 0 bridgehead atoms. The summed E-state index contributed by atoms with van der Waals surface area (Å²) in [6.45, 7) is 0. The zero-order chi connectivity index (χ0) is 11.4. The van der Waals surface area contributed by atoms with E-state index in [0.717, 1.165) is 25.7 Å². The van der Waals surface area contributed by atoms with Crippen LogP contribution in [0.2, 0.25) is 0 Å². The maximum absolute atomic E-state index is 11.6. The number of benzene rings is 1. The molecule has 86 valence electrons. The molecule has 0 unspecified atom stereocenters. The summed E-state index contributed by atoms with van der Waals surface area (Å²) in [7, 11) is 0. The number of aliphatic hydroxyl groups is 1. The maximum Gasteiger partial charge on any atom is 0.339 e. The van der Waals surface area contributed by atoms with Crippen LogP contribution in [0.25, 0.3) is 0 Å². The van der Waals surface area contributed by atoms with E-state index in [0.29, 0.717) is 5.56 Å². The summed E-state index contributed by atoms with van der Waals surface area (Å²) in [6, 6.07) is 8.88. The third-order valence-electron chi connectivity index (χ3n) is 2.92. The monoisotopic (exact) mass is 220 g/mol. The number of esters is 1. The molecule has 0 aliphatic heterocycles. The molecule has 1 aromatic rings. The van der Waals surface area contributed by atoms with Gasteiger partial charge in [0.2, 0.25) is 0 Å². The number of carbonyl (C=O) groups excluding carboxylic acids is 1. The molecule has 0 spiro atoms. The van der Waals surface area contributed by atoms with Gasteiger partial charge in [-0.3, -0.25) is 0 Å². The second kappa shape index (κ2) is 5.12. The van der Waals surface area contributed by atoms with Crippen LogP contribution >= 0.6 is 0 Å². The Bertz CT molecular complexity index is 341. The smallest absolute Gasteiger partial charge is 0.339 e. The largest absolute Gasteiger partial charge is 0.460 e. The molecule has 1 atom stereocenters. The van der Waals surface area contributed by atoms with Crippen molar-refractivity contribution in [3.63, 3.8) is 0 Å². The highest BCUT2D eigenvalue weighted by molar-refractivity contribution is 5.76. The Morgan fingerprint density at radius 2 is 1.88 bits per heavy atom. The molecule has 0 amide bonds. The normalized spacial score (nSPS) is 18.3. The van der Waals surface area contributed by atoms with Gasteiger partial charge < -0.3 is 9.84 Å². The summed E-state index contributed by atoms with van der Waals surface area (Å²) in [5.41, 5.74) is 0.588. The van der Waals surface area contributed by atoms with Crippen LogP contribution in [-0.4, -0.2) is 17.2 Å². The van der Waals surface area contributed by atoms with Crippen molar-refractivity contribution in [2.75, 3.05) is 0 Å². The van der Waals surface area contributed by atoms with Crippen LogP contribution in [0.1, 0.15) is 37.4 Å². The molecular weight excluding hydrogens is 204 g/mol. The minimum atomic E-state index is -1.15. The molecule has 2 rings (SSSR count). The van der Waals surface area contributed by atoms with Gasteiger partial charge in [-0.1, -0.05) is 30.3 Å². The van der Waals surface area contributed by atoms with Crippen LogP contribution < -0.4 is 0 Å². The lowest BCUT2D eigenvalue weighted by Crippen LogP contribution is -2.21. The minimum absolute atomic E-state index is 0.00543. The van der Waals surface area contributed by atoms with Crippen molar-refractivity contribution in [3.05, 3.63) is 35.9 Å². The number of rotatable bonds is 3. The average molecular weight is 220 g/mol. The van der Waals surface area contributed by atoms with Crippen molar-refractivity contribution in [1.82, 2.24) is 0 Å². The molecule has 1 aliphatic carbocycles. The number of carbonyl (C=O) groups is 1. The van der Waals surface area contributed by atoms with E-state index in [-0.39, 0.29) is 6.10 Å². The quantitative estimate of drug-likeness (QED) is 0.794. The summed E-state index contributed by atoms with van der Waals surface area (Å²) in [6.07, 6.45) is 2.92. The third-order valence-corrected chi connectivity index (χ3v) is 2.92. The third kappa shape index (κ3) is 2.61. The lowest BCUT2D eigenvalue weighted by molar-refractivity contribution is -0.159. The fraction of sp³-hybridized carbons (Fsp3) is 0.462. The lowest BCUT2D eigenvalue weighted by atomic mass is 10.1. The molecule has 1 aliphatic rings. The van der Waals surface area contributed by atoms with Gasteiger partial charge in [-0.15, -0.1) is 0 Å². The molecular formula is C13H16O3. The van der Waals surface area contributed by atoms with Crippen molar-refractivity contribution in [2.24, 2.45) is 0 Å². The van der Waals surface area contributed by atoms with E-state index in [1.165, 1.54) is 0 Å². The second-order valence-corrected chi connectivity index (χ2v) is 4.16. The van der Waals surface area contributed by atoms with E-state index in [2.05, 4.69) is 0 Å². The molecule has 0 radical (unpaired) electrons. The Labute approximate surface area is 95.0 Å². The van der Waals surface area contributed by atoms with Crippen LogP contribution in [0.3, 0.4) is 0 Å². The molecule has 16 heavy (non-hydrogen) atoms. The van der Waals surface area contributed by atoms with Gasteiger partial charge in [0.1, 0.15) is 6.10 Å². The van der Waals surface area contributed by atoms with E-state index in [4.69, 9.17) is 4.74 Å².